The summed E-state index contributed by atoms with van der Waals surface area (Å²) >= 11 is 3.75. The Hall–Kier alpha value is -1.38. The van der Waals surface area contributed by atoms with Crippen molar-refractivity contribution >= 4 is 22.7 Å². The van der Waals surface area contributed by atoms with Crippen molar-refractivity contribution in [2.45, 2.75) is 20.8 Å². The molecule has 1 aromatic carbocycles. The number of thiophene rings is 2. The summed E-state index contributed by atoms with van der Waals surface area (Å²) in [5, 5.41) is 0. The van der Waals surface area contributed by atoms with Crippen LogP contribution in [0.3, 0.4) is 0 Å². The summed E-state index contributed by atoms with van der Waals surface area (Å²) in [5.74, 6) is 0. The normalized spacial score (nSPS) is 10.9. The minimum absolute atomic E-state index is 1.32. The second-order valence-corrected chi connectivity index (χ2v) is 7.26. The lowest BCUT2D eigenvalue weighted by Gasteiger charge is -2.04. The maximum absolute atomic E-state index is 2.28. The van der Waals surface area contributed by atoms with Gasteiger partial charge < -0.3 is 0 Å². The van der Waals surface area contributed by atoms with Crippen LogP contribution >= 0.6 is 22.7 Å². The van der Waals surface area contributed by atoms with E-state index in [4.69, 9.17) is 0 Å². The van der Waals surface area contributed by atoms with Gasteiger partial charge >= 0.3 is 0 Å². The van der Waals surface area contributed by atoms with Crippen molar-refractivity contribution in [3.8, 4) is 20.2 Å². The van der Waals surface area contributed by atoms with Crippen molar-refractivity contribution in [1.82, 2.24) is 0 Å². The molecule has 0 fully saturated rings. The third-order valence-corrected chi connectivity index (χ3v) is 5.56. The van der Waals surface area contributed by atoms with Crippen LogP contribution in [0.15, 0.2) is 42.5 Å². The van der Waals surface area contributed by atoms with Gasteiger partial charge in [0.15, 0.2) is 0 Å². The molecule has 3 aromatic rings. The Balaban J connectivity index is 2.03. The second kappa shape index (κ2) is 4.95. The Bertz CT molecular complexity index is 716. The van der Waals surface area contributed by atoms with Crippen LogP contribution in [-0.4, -0.2) is 0 Å². The van der Waals surface area contributed by atoms with E-state index in [0.717, 1.165) is 0 Å². The number of benzene rings is 1. The Kier molecular flexibility index (Phi) is 3.29. The van der Waals surface area contributed by atoms with E-state index in [1.807, 2.05) is 22.7 Å². The Morgan fingerprint density at radius 2 is 1.37 bits per heavy atom. The van der Waals surface area contributed by atoms with Crippen LogP contribution in [0.5, 0.6) is 0 Å². The maximum atomic E-state index is 2.28. The zero-order valence-corrected chi connectivity index (χ0v) is 13.0. The molecule has 96 valence electrons. The number of aryl methyl sites for hydroxylation is 3. The van der Waals surface area contributed by atoms with Crippen LogP contribution in [0.2, 0.25) is 0 Å². The molecule has 0 aliphatic heterocycles. The first kappa shape index (κ1) is 12.6. The molecule has 2 heterocycles. The molecule has 0 radical (unpaired) electrons. The second-order valence-electron chi connectivity index (χ2n) is 4.89. The van der Waals surface area contributed by atoms with E-state index in [2.05, 4.69) is 63.2 Å². The molecule has 0 amide bonds. The van der Waals surface area contributed by atoms with E-state index in [1.165, 1.54) is 36.2 Å². The third-order valence-electron chi connectivity index (χ3n) is 3.25. The summed E-state index contributed by atoms with van der Waals surface area (Å²) in [7, 11) is 0. The molecule has 0 aliphatic carbocycles. The maximum Gasteiger partial charge on any atom is 0.0449 e. The Labute approximate surface area is 122 Å². The summed E-state index contributed by atoms with van der Waals surface area (Å²) < 4.78 is 0. The van der Waals surface area contributed by atoms with Crippen molar-refractivity contribution in [1.29, 1.82) is 0 Å². The lowest BCUT2D eigenvalue weighted by molar-refractivity contribution is 1.40. The first-order chi connectivity index (χ1) is 9.13. The van der Waals surface area contributed by atoms with Crippen molar-refractivity contribution in [2.24, 2.45) is 0 Å². The van der Waals surface area contributed by atoms with Crippen molar-refractivity contribution in [3.05, 3.63) is 58.5 Å². The van der Waals surface area contributed by atoms with Crippen LogP contribution < -0.4 is 0 Å². The minimum Gasteiger partial charge on any atom is -0.140 e. The van der Waals surface area contributed by atoms with Crippen LogP contribution in [0.4, 0.5) is 0 Å². The molecule has 2 heteroatoms. The van der Waals surface area contributed by atoms with Gasteiger partial charge in [0.2, 0.25) is 0 Å². The Morgan fingerprint density at radius 3 is 2.11 bits per heavy atom. The van der Waals surface area contributed by atoms with Gasteiger partial charge in [-0.05, 0) is 56.2 Å². The third kappa shape index (κ3) is 2.51. The average molecular weight is 284 g/mol. The van der Waals surface area contributed by atoms with E-state index < -0.39 is 0 Å². The van der Waals surface area contributed by atoms with Gasteiger partial charge in [-0.15, -0.1) is 22.7 Å². The lowest BCUT2D eigenvalue weighted by atomic mass is 10.0. The highest BCUT2D eigenvalue weighted by Crippen LogP contribution is 2.38. The van der Waals surface area contributed by atoms with Crippen molar-refractivity contribution in [3.63, 3.8) is 0 Å². The SMILES string of the molecule is Cc1ccc(C)c(-c2ccc(-c3ccc(C)s3)s2)c1. The molecular weight excluding hydrogens is 268 g/mol. The van der Waals surface area contributed by atoms with E-state index in [9.17, 15) is 0 Å². The molecule has 0 N–H and O–H groups in total. The van der Waals surface area contributed by atoms with Crippen LogP contribution in [0.25, 0.3) is 20.2 Å². The molecular formula is C17H16S2. The lowest BCUT2D eigenvalue weighted by Crippen LogP contribution is -1.81. The number of rotatable bonds is 2. The van der Waals surface area contributed by atoms with Crippen LogP contribution in [0, 0.1) is 20.8 Å². The minimum atomic E-state index is 1.32. The predicted octanol–water partition coefficient (Wildman–Crippen LogP) is 6.07. The average Bonchev–Trinajstić information content (AvgIpc) is 3.00. The topological polar surface area (TPSA) is 0 Å². The molecule has 0 bridgehead atoms. The fraction of sp³-hybridized carbons (Fsp3) is 0.176. The van der Waals surface area contributed by atoms with Crippen LogP contribution in [-0.2, 0) is 0 Å². The summed E-state index contributed by atoms with van der Waals surface area (Å²) in [6.45, 7) is 6.50. The van der Waals surface area contributed by atoms with Gasteiger partial charge in [-0.1, -0.05) is 23.8 Å². The highest BCUT2D eigenvalue weighted by atomic mass is 32.1. The molecule has 0 saturated carbocycles. The molecule has 0 aliphatic rings. The van der Waals surface area contributed by atoms with E-state index in [-0.39, 0.29) is 0 Å². The predicted molar refractivity (Wildman–Crippen MR) is 87.3 cm³/mol. The van der Waals surface area contributed by atoms with E-state index >= 15 is 0 Å². The van der Waals surface area contributed by atoms with Gasteiger partial charge in [-0.25, -0.2) is 0 Å². The zero-order valence-electron chi connectivity index (χ0n) is 11.4. The monoisotopic (exact) mass is 284 g/mol. The molecule has 3 rings (SSSR count). The summed E-state index contributed by atoms with van der Waals surface area (Å²) in [6, 6.07) is 15.6. The quantitative estimate of drug-likeness (QED) is 0.536. The van der Waals surface area contributed by atoms with Crippen molar-refractivity contribution < 1.29 is 0 Å². The standard InChI is InChI=1S/C17H16S2/c1-11-4-5-12(2)14(10-11)15-8-9-17(19-15)16-7-6-13(3)18-16/h4-10H,1-3H3. The fourth-order valence-corrected chi connectivity index (χ4v) is 4.23. The fourth-order valence-electron chi connectivity index (χ4n) is 2.18. The number of hydrogen-bond donors (Lipinski definition) is 0. The van der Waals surface area contributed by atoms with Gasteiger partial charge in [-0.2, -0.15) is 0 Å². The molecule has 0 spiro atoms. The van der Waals surface area contributed by atoms with Gasteiger partial charge in [0.25, 0.3) is 0 Å². The zero-order chi connectivity index (χ0) is 13.4. The molecule has 0 atom stereocenters. The molecule has 0 saturated heterocycles. The van der Waals surface area contributed by atoms with Gasteiger partial charge in [-0.3, -0.25) is 0 Å². The summed E-state index contributed by atoms with van der Waals surface area (Å²) in [4.78, 5) is 5.48. The Morgan fingerprint density at radius 1 is 0.684 bits per heavy atom. The van der Waals surface area contributed by atoms with Gasteiger partial charge in [0, 0.05) is 19.5 Å². The summed E-state index contributed by atoms with van der Waals surface area (Å²) in [6.07, 6.45) is 0. The van der Waals surface area contributed by atoms with Gasteiger partial charge in [0.1, 0.15) is 0 Å². The van der Waals surface area contributed by atoms with E-state index in [0.29, 0.717) is 0 Å². The molecule has 0 unspecified atom stereocenters. The molecule has 2 aromatic heterocycles. The first-order valence-corrected chi connectivity index (χ1v) is 8.01. The van der Waals surface area contributed by atoms with Crippen LogP contribution in [0.1, 0.15) is 16.0 Å². The summed E-state index contributed by atoms with van der Waals surface area (Å²) in [5.41, 5.74) is 4.04. The highest BCUT2D eigenvalue weighted by Gasteiger charge is 2.08. The molecule has 0 nitrogen and oxygen atoms in total. The van der Waals surface area contributed by atoms with Gasteiger partial charge in [0.05, 0.1) is 0 Å². The smallest absolute Gasteiger partial charge is 0.0449 e. The molecule has 19 heavy (non-hydrogen) atoms. The number of hydrogen-bond acceptors (Lipinski definition) is 2. The first-order valence-electron chi connectivity index (χ1n) is 6.38. The largest absolute Gasteiger partial charge is 0.140 e. The van der Waals surface area contributed by atoms with E-state index in [1.54, 1.807) is 0 Å². The van der Waals surface area contributed by atoms with Crippen molar-refractivity contribution in [2.75, 3.05) is 0 Å². The highest BCUT2D eigenvalue weighted by molar-refractivity contribution is 7.23.